The Kier molecular flexibility index (Phi) is 3.28. The lowest BCUT2D eigenvalue weighted by Crippen LogP contribution is -2.27. The van der Waals surface area contributed by atoms with Gasteiger partial charge >= 0.3 is 0 Å². The summed E-state index contributed by atoms with van der Waals surface area (Å²) in [5.74, 6) is -0.283. The number of carbonyl (C=O) groups excluding carboxylic acids is 1. The summed E-state index contributed by atoms with van der Waals surface area (Å²) in [6.45, 7) is 3.93. The van der Waals surface area contributed by atoms with Gasteiger partial charge in [-0.2, -0.15) is 4.73 Å². The van der Waals surface area contributed by atoms with Crippen molar-refractivity contribution in [2.75, 3.05) is 5.32 Å². The van der Waals surface area contributed by atoms with Crippen molar-refractivity contribution >= 4 is 11.6 Å². The highest BCUT2D eigenvalue weighted by Crippen LogP contribution is 2.18. The van der Waals surface area contributed by atoms with E-state index in [-0.39, 0.29) is 5.91 Å². The number of nitrogens with zero attached hydrogens (tertiary/aromatic N) is 1. The molecule has 1 amide bonds. The molecule has 0 unspecified atom stereocenters. The van der Waals surface area contributed by atoms with Crippen LogP contribution >= 0.6 is 0 Å². The van der Waals surface area contributed by atoms with Gasteiger partial charge in [0.2, 0.25) is 0 Å². The van der Waals surface area contributed by atoms with Crippen LogP contribution in [-0.4, -0.2) is 5.91 Å². The minimum atomic E-state index is -0.283. The van der Waals surface area contributed by atoms with Gasteiger partial charge in [-0.1, -0.05) is 12.1 Å². The molecule has 0 saturated heterocycles. The summed E-state index contributed by atoms with van der Waals surface area (Å²) >= 11 is 0. The maximum absolute atomic E-state index is 12.0. The second-order valence-electron chi connectivity index (χ2n) is 4.15. The summed E-state index contributed by atoms with van der Waals surface area (Å²) in [5.41, 5.74) is 3.24. The molecule has 0 fully saturated rings. The van der Waals surface area contributed by atoms with Crippen molar-refractivity contribution in [3.63, 3.8) is 0 Å². The van der Waals surface area contributed by atoms with Gasteiger partial charge < -0.3 is 10.5 Å². The molecule has 1 N–H and O–H groups in total. The molecule has 0 bridgehead atoms. The molecule has 4 nitrogen and oxygen atoms in total. The van der Waals surface area contributed by atoms with Crippen molar-refractivity contribution in [3.05, 3.63) is 64.6 Å². The van der Waals surface area contributed by atoms with E-state index in [1.807, 2.05) is 32.0 Å². The van der Waals surface area contributed by atoms with Crippen molar-refractivity contribution in [2.24, 2.45) is 0 Å². The lowest BCUT2D eigenvalue weighted by Gasteiger charge is -2.09. The van der Waals surface area contributed by atoms with E-state index in [2.05, 4.69) is 5.32 Å². The molecule has 0 saturated carbocycles. The van der Waals surface area contributed by atoms with Gasteiger partial charge in [0.15, 0.2) is 12.4 Å². The number of pyridine rings is 1. The summed E-state index contributed by atoms with van der Waals surface area (Å²) in [5, 5.41) is 13.9. The third-order valence-corrected chi connectivity index (χ3v) is 2.89. The Morgan fingerprint density at radius 3 is 2.72 bits per heavy atom. The molecule has 1 aromatic carbocycles. The van der Waals surface area contributed by atoms with Gasteiger partial charge in [-0.05, 0) is 37.1 Å². The van der Waals surface area contributed by atoms with E-state index in [9.17, 15) is 10.0 Å². The van der Waals surface area contributed by atoms with E-state index in [0.717, 1.165) is 16.8 Å². The monoisotopic (exact) mass is 242 g/mol. The van der Waals surface area contributed by atoms with Crippen LogP contribution in [-0.2, 0) is 0 Å². The first-order valence-corrected chi connectivity index (χ1v) is 5.64. The molecule has 0 spiro atoms. The minimum Gasteiger partial charge on any atom is -0.619 e. The fraction of sp³-hybridized carbons (Fsp3) is 0.143. The molecule has 0 radical (unpaired) electrons. The van der Waals surface area contributed by atoms with Gasteiger partial charge in [-0.25, -0.2) is 0 Å². The summed E-state index contributed by atoms with van der Waals surface area (Å²) in [6, 6.07) is 8.87. The number of rotatable bonds is 2. The van der Waals surface area contributed by atoms with Gasteiger partial charge in [0.05, 0.1) is 0 Å². The highest BCUT2D eigenvalue weighted by atomic mass is 16.5. The van der Waals surface area contributed by atoms with Crippen LogP contribution in [0.3, 0.4) is 0 Å². The third kappa shape index (κ3) is 2.48. The maximum atomic E-state index is 12.0. The summed E-state index contributed by atoms with van der Waals surface area (Å²) in [4.78, 5) is 12.0. The van der Waals surface area contributed by atoms with E-state index in [0.29, 0.717) is 10.3 Å². The molecular formula is C14H14N2O2. The largest absolute Gasteiger partial charge is 0.619 e. The molecule has 92 valence electrons. The van der Waals surface area contributed by atoms with E-state index in [4.69, 9.17) is 0 Å². The highest BCUT2D eigenvalue weighted by Gasteiger charge is 2.10. The van der Waals surface area contributed by atoms with E-state index >= 15 is 0 Å². The van der Waals surface area contributed by atoms with Crippen LogP contribution < -0.4 is 10.0 Å². The lowest BCUT2D eigenvalue weighted by atomic mass is 10.1. The van der Waals surface area contributed by atoms with Crippen molar-refractivity contribution in [3.8, 4) is 0 Å². The van der Waals surface area contributed by atoms with Crippen molar-refractivity contribution in [2.45, 2.75) is 13.8 Å². The second-order valence-corrected chi connectivity index (χ2v) is 4.15. The predicted molar refractivity (Wildman–Crippen MR) is 69.3 cm³/mol. The Hall–Kier alpha value is -2.36. The molecule has 2 aromatic rings. The van der Waals surface area contributed by atoms with Crippen LogP contribution in [0.1, 0.15) is 21.5 Å². The lowest BCUT2D eigenvalue weighted by molar-refractivity contribution is -0.605. The van der Waals surface area contributed by atoms with Gasteiger partial charge in [0, 0.05) is 11.8 Å². The number of hydrogen-bond acceptors (Lipinski definition) is 2. The fourth-order valence-corrected chi connectivity index (χ4v) is 1.67. The van der Waals surface area contributed by atoms with Gasteiger partial charge in [-0.3, -0.25) is 4.79 Å². The molecule has 4 heteroatoms. The molecule has 0 atom stereocenters. The molecule has 2 rings (SSSR count). The molecule has 1 heterocycles. The van der Waals surface area contributed by atoms with Gasteiger partial charge in [-0.15, -0.1) is 0 Å². The molecule has 18 heavy (non-hydrogen) atoms. The zero-order chi connectivity index (χ0) is 13.1. The van der Waals surface area contributed by atoms with Crippen LogP contribution in [0.15, 0.2) is 42.7 Å². The summed E-state index contributed by atoms with van der Waals surface area (Å²) in [7, 11) is 0. The first kappa shape index (κ1) is 12.1. The average molecular weight is 242 g/mol. The van der Waals surface area contributed by atoms with E-state index in [1.54, 1.807) is 12.1 Å². The Balaban J connectivity index is 2.24. The highest BCUT2D eigenvalue weighted by molar-refractivity contribution is 6.04. The first-order chi connectivity index (χ1) is 8.58. The third-order valence-electron chi connectivity index (χ3n) is 2.89. The van der Waals surface area contributed by atoms with Crippen LogP contribution in [0.2, 0.25) is 0 Å². The van der Waals surface area contributed by atoms with Crippen LogP contribution in [0.5, 0.6) is 0 Å². The quantitative estimate of drug-likeness (QED) is 0.648. The van der Waals surface area contributed by atoms with E-state index in [1.165, 1.54) is 12.4 Å². The maximum Gasteiger partial charge on any atom is 0.261 e. The topological polar surface area (TPSA) is 56.0 Å². The molecule has 0 aliphatic carbocycles. The van der Waals surface area contributed by atoms with E-state index < -0.39 is 0 Å². The average Bonchev–Trinajstić information content (AvgIpc) is 2.35. The van der Waals surface area contributed by atoms with Crippen molar-refractivity contribution in [1.29, 1.82) is 0 Å². The predicted octanol–water partition coefficient (Wildman–Crippen LogP) is 2.19. The SMILES string of the molecule is Cc1cccc(NC(=O)c2ccc[n+]([O-])c2)c1C. The number of nitrogens with one attached hydrogen (secondary N) is 1. The molecular weight excluding hydrogens is 228 g/mol. The number of aryl methyl sites for hydroxylation is 1. The number of benzene rings is 1. The Morgan fingerprint density at radius 2 is 2.00 bits per heavy atom. The summed E-state index contributed by atoms with van der Waals surface area (Å²) in [6.07, 6.45) is 2.59. The number of hydrogen-bond donors (Lipinski definition) is 1. The van der Waals surface area contributed by atoms with Crippen molar-refractivity contribution in [1.82, 2.24) is 0 Å². The molecule has 0 aliphatic heterocycles. The fourth-order valence-electron chi connectivity index (χ4n) is 1.67. The number of carbonyl (C=O) groups is 1. The number of anilines is 1. The Morgan fingerprint density at radius 1 is 1.22 bits per heavy atom. The van der Waals surface area contributed by atoms with Crippen molar-refractivity contribution < 1.29 is 9.52 Å². The Labute approximate surface area is 105 Å². The zero-order valence-corrected chi connectivity index (χ0v) is 10.3. The van der Waals surface area contributed by atoms with Gasteiger partial charge in [0.25, 0.3) is 5.91 Å². The van der Waals surface area contributed by atoms with Crippen LogP contribution in [0.4, 0.5) is 5.69 Å². The summed E-state index contributed by atoms with van der Waals surface area (Å²) < 4.78 is 0.609. The van der Waals surface area contributed by atoms with Crippen LogP contribution in [0.25, 0.3) is 0 Å². The second kappa shape index (κ2) is 4.87. The van der Waals surface area contributed by atoms with Crippen LogP contribution in [0, 0.1) is 19.1 Å². The molecule has 0 aliphatic rings. The zero-order valence-electron chi connectivity index (χ0n) is 10.3. The smallest absolute Gasteiger partial charge is 0.261 e. The first-order valence-electron chi connectivity index (χ1n) is 5.64. The minimum absolute atomic E-state index is 0.283. The Bertz CT molecular complexity index is 594. The van der Waals surface area contributed by atoms with Gasteiger partial charge in [0.1, 0.15) is 5.56 Å². The standard InChI is InChI=1S/C14H14N2O2/c1-10-5-3-7-13(11(10)2)15-14(17)12-6-4-8-16(18)9-12/h3-9H,1-2H3,(H,15,17). The molecule has 1 aromatic heterocycles. The number of aromatic nitrogens is 1. The number of amides is 1. The normalized spacial score (nSPS) is 10.1.